The van der Waals surface area contributed by atoms with Gasteiger partial charge in [-0.2, -0.15) is 0 Å². The molecule has 1 rings (SSSR count). The summed E-state index contributed by atoms with van der Waals surface area (Å²) in [5.41, 5.74) is 6.38. The first-order valence-corrected chi connectivity index (χ1v) is 2.93. The molecule has 0 aromatic rings. The molecule has 0 amide bonds. The van der Waals surface area contributed by atoms with Crippen LogP contribution in [0.2, 0.25) is 0 Å². The average molecular weight is 109 g/mol. The van der Waals surface area contributed by atoms with Crippen LogP contribution >= 0.6 is 0 Å². The summed E-state index contributed by atoms with van der Waals surface area (Å²) in [7, 11) is 0. The van der Waals surface area contributed by atoms with Crippen LogP contribution < -0.4 is 5.73 Å². The van der Waals surface area contributed by atoms with Crippen molar-refractivity contribution in [2.45, 2.75) is 13.3 Å². The van der Waals surface area contributed by atoms with Crippen molar-refractivity contribution in [3.8, 4) is 0 Å². The minimum absolute atomic E-state index is 0.683. The highest BCUT2D eigenvalue weighted by Crippen LogP contribution is 2.11. The highest BCUT2D eigenvalue weighted by Gasteiger charge is 1.98. The molecule has 1 heteroatoms. The molecule has 0 heterocycles. The maximum Gasteiger partial charge on any atom is 0.0270 e. The second-order valence-corrected chi connectivity index (χ2v) is 2.28. The van der Waals surface area contributed by atoms with E-state index >= 15 is 0 Å². The first kappa shape index (κ1) is 5.42. The summed E-state index contributed by atoms with van der Waals surface area (Å²) in [6.45, 7) is 2.18. The van der Waals surface area contributed by atoms with Crippen LogP contribution in [-0.4, -0.2) is 0 Å². The van der Waals surface area contributed by atoms with E-state index in [0.29, 0.717) is 5.92 Å². The molecule has 0 aromatic heterocycles. The Morgan fingerprint density at radius 3 is 2.88 bits per heavy atom. The van der Waals surface area contributed by atoms with E-state index < -0.39 is 0 Å². The molecule has 0 spiro atoms. The fraction of sp³-hybridized carbons (Fsp3) is 0.429. The lowest BCUT2D eigenvalue weighted by Crippen LogP contribution is -2.00. The molecule has 0 saturated heterocycles. The van der Waals surface area contributed by atoms with Gasteiger partial charge in [0.05, 0.1) is 0 Å². The standard InChI is InChI=1S/C7H11N/c1-6-2-4-7(8)5-3-6/h2,4-6H,3,8H2,1H3. The van der Waals surface area contributed by atoms with Crippen LogP contribution in [0.1, 0.15) is 13.3 Å². The van der Waals surface area contributed by atoms with Crippen molar-refractivity contribution in [2.75, 3.05) is 0 Å². The van der Waals surface area contributed by atoms with Gasteiger partial charge in [0.25, 0.3) is 0 Å². The van der Waals surface area contributed by atoms with Crippen LogP contribution in [-0.2, 0) is 0 Å². The highest BCUT2D eigenvalue weighted by atomic mass is 14.6. The number of allylic oxidation sites excluding steroid dienone is 3. The molecule has 0 bridgehead atoms. The average Bonchev–Trinajstić information content (AvgIpc) is 1.77. The van der Waals surface area contributed by atoms with Crippen molar-refractivity contribution in [1.82, 2.24) is 0 Å². The van der Waals surface area contributed by atoms with Crippen molar-refractivity contribution in [3.05, 3.63) is 23.9 Å². The third kappa shape index (κ3) is 1.12. The van der Waals surface area contributed by atoms with E-state index in [2.05, 4.69) is 19.1 Å². The molecule has 2 N–H and O–H groups in total. The van der Waals surface area contributed by atoms with Crippen molar-refractivity contribution in [1.29, 1.82) is 0 Å². The molecular weight excluding hydrogens is 98.1 g/mol. The second kappa shape index (κ2) is 2.03. The molecule has 0 aliphatic heterocycles. The largest absolute Gasteiger partial charge is 0.399 e. The Bertz CT molecular complexity index is 133. The fourth-order valence-corrected chi connectivity index (χ4v) is 0.744. The van der Waals surface area contributed by atoms with Crippen LogP contribution in [0.15, 0.2) is 23.9 Å². The molecule has 1 aliphatic carbocycles. The molecule has 0 aromatic carbocycles. The van der Waals surface area contributed by atoms with Gasteiger partial charge in [0, 0.05) is 5.70 Å². The van der Waals surface area contributed by atoms with E-state index in [4.69, 9.17) is 5.73 Å². The lowest BCUT2D eigenvalue weighted by molar-refractivity contribution is 0.730. The normalized spacial score (nSPS) is 27.6. The third-order valence-electron chi connectivity index (χ3n) is 1.34. The Labute approximate surface area is 49.9 Å². The maximum atomic E-state index is 5.47. The molecule has 1 unspecified atom stereocenters. The summed E-state index contributed by atoms with van der Waals surface area (Å²) < 4.78 is 0. The molecule has 1 aliphatic rings. The predicted molar refractivity (Wildman–Crippen MR) is 35.2 cm³/mol. The Morgan fingerprint density at radius 2 is 2.50 bits per heavy atom. The summed E-state index contributed by atoms with van der Waals surface area (Å²) in [6.07, 6.45) is 7.26. The van der Waals surface area contributed by atoms with Crippen LogP contribution in [0.5, 0.6) is 0 Å². The van der Waals surface area contributed by atoms with Crippen molar-refractivity contribution < 1.29 is 0 Å². The lowest BCUT2D eigenvalue weighted by Gasteiger charge is -2.06. The summed E-state index contributed by atoms with van der Waals surface area (Å²) in [5, 5.41) is 0. The van der Waals surface area contributed by atoms with Gasteiger partial charge >= 0.3 is 0 Å². The van der Waals surface area contributed by atoms with Crippen molar-refractivity contribution in [3.63, 3.8) is 0 Å². The topological polar surface area (TPSA) is 26.0 Å². The van der Waals surface area contributed by atoms with Gasteiger partial charge in [0.2, 0.25) is 0 Å². The van der Waals surface area contributed by atoms with Gasteiger partial charge < -0.3 is 5.73 Å². The maximum absolute atomic E-state index is 5.47. The molecule has 44 valence electrons. The number of nitrogens with two attached hydrogens (primary N) is 1. The zero-order chi connectivity index (χ0) is 5.98. The van der Waals surface area contributed by atoms with Gasteiger partial charge in [0.15, 0.2) is 0 Å². The highest BCUT2D eigenvalue weighted by molar-refractivity contribution is 5.19. The Balaban J connectivity index is 2.58. The number of hydrogen-bond donors (Lipinski definition) is 1. The number of rotatable bonds is 0. The van der Waals surface area contributed by atoms with Gasteiger partial charge in [-0.3, -0.25) is 0 Å². The monoisotopic (exact) mass is 109 g/mol. The predicted octanol–water partition coefficient (Wildman–Crippen LogP) is 1.43. The molecule has 1 atom stereocenters. The van der Waals surface area contributed by atoms with E-state index in [1.54, 1.807) is 0 Å². The minimum Gasteiger partial charge on any atom is -0.399 e. The third-order valence-corrected chi connectivity index (χ3v) is 1.34. The molecule has 1 nitrogen and oxygen atoms in total. The van der Waals surface area contributed by atoms with Crippen LogP contribution in [0.4, 0.5) is 0 Å². The van der Waals surface area contributed by atoms with E-state index in [-0.39, 0.29) is 0 Å². The van der Waals surface area contributed by atoms with E-state index in [1.165, 1.54) is 0 Å². The Hall–Kier alpha value is -0.720. The zero-order valence-electron chi connectivity index (χ0n) is 5.09. The summed E-state index contributed by atoms with van der Waals surface area (Å²) in [4.78, 5) is 0. The van der Waals surface area contributed by atoms with E-state index in [1.807, 2.05) is 6.08 Å². The lowest BCUT2D eigenvalue weighted by atomic mass is 10.0. The Morgan fingerprint density at radius 1 is 1.75 bits per heavy atom. The van der Waals surface area contributed by atoms with E-state index in [0.717, 1.165) is 12.1 Å². The summed E-state index contributed by atoms with van der Waals surface area (Å²) >= 11 is 0. The SMILES string of the molecule is CC1C=CC(N)=CC1. The minimum atomic E-state index is 0.683. The quantitative estimate of drug-likeness (QED) is 0.500. The van der Waals surface area contributed by atoms with Crippen LogP contribution in [0, 0.1) is 5.92 Å². The van der Waals surface area contributed by atoms with Gasteiger partial charge in [-0.25, -0.2) is 0 Å². The molecule has 8 heavy (non-hydrogen) atoms. The summed E-state index contributed by atoms with van der Waals surface area (Å²) in [6, 6.07) is 0. The second-order valence-electron chi connectivity index (χ2n) is 2.28. The first-order chi connectivity index (χ1) is 3.79. The van der Waals surface area contributed by atoms with Crippen molar-refractivity contribution >= 4 is 0 Å². The molecule has 0 fully saturated rings. The fourth-order valence-electron chi connectivity index (χ4n) is 0.744. The molecule has 0 saturated carbocycles. The Kier molecular flexibility index (Phi) is 1.38. The zero-order valence-corrected chi connectivity index (χ0v) is 5.09. The van der Waals surface area contributed by atoms with Gasteiger partial charge in [-0.15, -0.1) is 0 Å². The van der Waals surface area contributed by atoms with Gasteiger partial charge in [-0.05, 0) is 18.4 Å². The number of hydrogen-bond acceptors (Lipinski definition) is 1. The van der Waals surface area contributed by atoms with Gasteiger partial charge in [-0.1, -0.05) is 19.1 Å². The van der Waals surface area contributed by atoms with Crippen molar-refractivity contribution in [2.24, 2.45) is 11.7 Å². The first-order valence-electron chi connectivity index (χ1n) is 2.93. The van der Waals surface area contributed by atoms with Gasteiger partial charge in [0.1, 0.15) is 0 Å². The summed E-state index contributed by atoms with van der Waals surface area (Å²) in [5.74, 6) is 0.683. The van der Waals surface area contributed by atoms with E-state index in [9.17, 15) is 0 Å². The van der Waals surface area contributed by atoms with Crippen LogP contribution in [0.25, 0.3) is 0 Å². The van der Waals surface area contributed by atoms with Crippen LogP contribution in [0.3, 0.4) is 0 Å². The smallest absolute Gasteiger partial charge is 0.0270 e. The molecule has 0 radical (unpaired) electrons. The molecular formula is C7H11N.